The predicted molar refractivity (Wildman–Crippen MR) is 106 cm³/mol. The lowest BCUT2D eigenvalue weighted by atomic mass is 10.2. The molecule has 5 nitrogen and oxygen atoms in total. The summed E-state index contributed by atoms with van der Waals surface area (Å²) >= 11 is 0. The van der Waals surface area contributed by atoms with Gasteiger partial charge >= 0.3 is 0 Å². The Labute approximate surface area is 159 Å². The number of para-hydroxylation sites is 2. The lowest BCUT2D eigenvalue weighted by Gasteiger charge is -2.14. The Morgan fingerprint density at radius 1 is 1.11 bits per heavy atom. The molecule has 2 aromatic carbocycles. The number of nitrogens with one attached hydrogen (secondary N) is 1. The maximum atomic E-state index is 12.4. The van der Waals surface area contributed by atoms with E-state index in [2.05, 4.69) is 10.3 Å². The summed E-state index contributed by atoms with van der Waals surface area (Å²) in [5.41, 5.74) is 2.41. The molecule has 0 aliphatic rings. The first-order valence-corrected chi connectivity index (χ1v) is 9.10. The number of aromatic nitrogens is 1. The molecule has 0 aliphatic heterocycles. The molecule has 140 valence electrons. The van der Waals surface area contributed by atoms with E-state index in [1.165, 1.54) is 0 Å². The van der Waals surface area contributed by atoms with Crippen LogP contribution in [0, 0.1) is 6.92 Å². The van der Waals surface area contributed by atoms with Crippen LogP contribution >= 0.6 is 0 Å². The molecule has 5 heteroatoms. The second-order valence-electron chi connectivity index (χ2n) is 6.60. The van der Waals surface area contributed by atoms with Gasteiger partial charge in [0.2, 0.25) is 11.8 Å². The van der Waals surface area contributed by atoms with Crippen molar-refractivity contribution < 1.29 is 13.9 Å². The summed E-state index contributed by atoms with van der Waals surface area (Å²) in [5.74, 6) is 1.91. The average Bonchev–Trinajstić information content (AvgIpc) is 3.03. The third-order valence-corrected chi connectivity index (χ3v) is 4.03. The van der Waals surface area contributed by atoms with Crippen LogP contribution in [-0.4, -0.2) is 17.0 Å². The minimum absolute atomic E-state index is 0.0391. The number of benzene rings is 2. The molecule has 3 rings (SSSR count). The van der Waals surface area contributed by atoms with E-state index in [-0.39, 0.29) is 12.0 Å². The van der Waals surface area contributed by atoms with E-state index >= 15 is 0 Å². The van der Waals surface area contributed by atoms with Gasteiger partial charge in [-0.2, -0.15) is 0 Å². The number of aryl methyl sites for hydroxylation is 2. The third kappa shape index (κ3) is 4.97. The Kier molecular flexibility index (Phi) is 5.91. The fourth-order valence-electron chi connectivity index (χ4n) is 2.74. The van der Waals surface area contributed by atoms with E-state index in [1.54, 1.807) is 0 Å². The van der Waals surface area contributed by atoms with Gasteiger partial charge in [0, 0.05) is 18.4 Å². The number of anilines is 1. The van der Waals surface area contributed by atoms with E-state index in [1.807, 2.05) is 75.4 Å². The molecule has 27 heavy (non-hydrogen) atoms. The van der Waals surface area contributed by atoms with Crippen LogP contribution in [-0.2, 0) is 11.2 Å². The number of carbonyl (C=O) groups is 1. The highest BCUT2D eigenvalue weighted by atomic mass is 16.5. The van der Waals surface area contributed by atoms with E-state index in [4.69, 9.17) is 9.15 Å². The van der Waals surface area contributed by atoms with Crippen molar-refractivity contribution in [3.63, 3.8) is 0 Å². The van der Waals surface area contributed by atoms with Gasteiger partial charge in [-0.1, -0.05) is 30.3 Å². The van der Waals surface area contributed by atoms with E-state index in [9.17, 15) is 4.79 Å². The summed E-state index contributed by atoms with van der Waals surface area (Å²) in [7, 11) is 0. The summed E-state index contributed by atoms with van der Waals surface area (Å²) in [6.07, 6.45) is 0.871. The summed E-state index contributed by atoms with van der Waals surface area (Å²) in [6.45, 7) is 5.78. The Bertz CT molecular complexity index is 901. The molecule has 0 saturated carbocycles. The van der Waals surface area contributed by atoms with Gasteiger partial charge in [0.15, 0.2) is 0 Å². The van der Waals surface area contributed by atoms with Crippen molar-refractivity contribution in [3.8, 4) is 17.2 Å². The van der Waals surface area contributed by atoms with E-state index < -0.39 is 0 Å². The van der Waals surface area contributed by atoms with Gasteiger partial charge < -0.3 is 14.5 Å². The van der Waals surface area contributed by atoms with Gasteiger partial charge in [0.1, 0.15) is 11.5 Å². The SMILES string of the molecule is Cc1oc(-c2ccccc2)nc1CCC(=O)Nc1ccccc1OC(C)C. The van der Waals surface area contributed by atoms with Gasteiger partial charge in [-0.05, 0) is 45.0 Å². The minimum Gasteiger partial charge on any atom is -0.489 e. The van der Waals surface area contributed by atoms with Crippen molar-refractivity contribution in [1.82, 2.24) is 4.98 Å². The Balaban J connectivity index is 1.63. The average molecular weight is 364 g/mol. The largest absolute Gasteiger partial charge is 0.489 e. The molecule has 0 unspecified atom stereocenters. The molecule has 0 atom stereocenters. The molecule has 0 spiro atoms. The highest BCUT2D eigenvalue weighted by Crippen LogP contribution is 2.26. The van der Waals surface area contributed by atoms with Gasteiger partial charge in [0.25, 0.3) is 0 Å². The normalized spacial score (nSPS) is 10.8. The molecule has 1 amide bonds. The van der Waals surface area contributed by atoms with Crippen LogP contribution in [0.3, 0.4) is 0 Å². The van der Waals surface area contributed by atoms with Crippen LogP contribution in [0.5, 0.6) is 5.75 Å². The van der Waals surface area contributed by atoms with Crippen LogP contribution in [0.15, 0.2) is 59.0 Å². The molecular weight excluding hydrogens is 340 g/mol. The monoisotopic (exact) mass is 364 g/mol. The lowest BCUT2D eigenvalue weighted by Crippen LogP contribution is -2.15. The first kappa shape index (κ1) is 18.7. The number of rotatable bonds is 7. The van der Waals surface area contributed by atoms with Crippen LogP contribution in [0.4, 0.5) is 5.69 Å². The minimum atomic E-state index is -0.0848. The zero-order chi connectivity index (χ0) is 19.2. The summed E-state index contributed by atoms with van der Waals surface area (Å²) in [4.78, 5) is 16.9. The molecular formula is C22H24N2O3. The fourth-order valence-corrected chi connectivity index (χ4v) is 2.74. The van der Waals surface area contributed by atoms with Crippen molar-refractivity contribution in [2.45, 2.75) is 39.7 Å². The number of hydrogen-bond acceptors (Lipinski definition) is 4. The van der Waals surface area contributed by atoms with Gasteiger partial charge in [-0.15, -0.1) is 0 Å². The predicted octanol–water partition coefficient (Wildman–Crippen LogP) is 5.01. The Morgan fingerprint density at radius 2 is 1.81 bits per heavy atom. The van der Waals surface area contributed by atoms with Crippen molar-refractivity contribution in [3.05, 3.63) is 66.1 Å². The topological polar surface area (TPSA) is 64.4 Å². The molecule has 3 aromatic rings. The van der Waals surface area contributed by atoms with Crippen molar-refractivity contribution in [2.75, 3.05) is 5.32 Å². The van der Waals surface area contributed by atoms with Crippen molar-refractivity contribution in [1.29, 1.82) is 0 Å². The molecule has 0 fully saturated rings. The molecule has 0 aliphatic carbocycles. The number of nitrogens with zero attached hydrogens (tertiary/aromatic N) is 1. The molecule has 0 radical (unpaired) electrons. The van der Waals surface area contributed by atoms with Crippen molar-refractivity contribution in [2.24, 2.45) is 0 Å². The smallest absolute Gasteiger partial charge is 0.226 e. The second kappa shape index (κ2) is 8.54. The highest BCUT2D eigenvalue weighted by Gasteiger charge is 2.14. The zero-order valence-electron chi connectivity index (χ0n) is 15.9. The third-order valence-electron chi connectivity index (χ3n) is 4.03. The summed E-state index contributed by atoms with van der Waals surface area (Å²) in [6, 6.07) is 17.2. The first-order valence-electron chi connectivity index (χ1n) is 9.10. The Hall–Kier alpha value is -3.08. The molecule has 1 aromatic heterocycles. The summed E-state index contributed by atoms with van der Waals surface area (Å²) < 4.78 is 11.5. The first-order chi connectivity index (χ1) is 13.0. The Morgan fingerprint density at radius 3 is 2.56 bits per heavy atom. The number of amides is 1. The van der Waals surface area contributed by atoms with E-state index in [0.717, 1.165) is 17.0 Å². The molecule has 1 N–H and O–H groups in total. The van der Waals surface area contributed by atoms with Crippen LogP contribution in [0.1, 0.15) is 31.7 Å². The molecule has 1 heterocycles. The van der Waals surface area contributed by atoms with Gasteiger partial charge in [-0.25, -0.2) is 4.98 Å². The van der Waals surface area contributed by atoms with E-state index in [0.29, 0.717) is 30.2 Å². The molecule has 0 saturated heterocycles. The van der Waals surface area contributed by atoms with Crippen LogP contribution in [0.2, 0.25) is 0 Å². The quantitative estimate of drug-likeness (QED) is 0.640. The summed E-state index contributed by atoms with van der Waals surface area (Å²) in [5, 5.41) is 2.92. The lowest BCUT2D eigenvalue weighted by molar-refractivity contribution is -0.116. The highest BCUT2D eigenvalue weighted by molar-refractivity contribution is 5.92. The van der Waals surface area contributed by atoms with Crippen LogP contribution in [0.25, 0.3) is 11.5 Å². The standard InChI is InChI=1S/C22H24N2O3/c1-15(2)26-20-12-8-7-11-19(20)23-21(25)14-13-18-16(3)27-22(24-18)17-9-5-4-6-10-17/h4-12,15H,13-14H2,1-3H3,(H,23,25). The van der Waals surface area contributed by atoms with Gasteiger partial charge in [-0.3, -0.25) is 4.79 Å². The number of carbonyl (C=O) groups excluding carboxylic acids is 1. The van der Waals surface area contributed by atoms with Crippen LogP contribution < -0.4 is 10.1 Å². The fraction of sp³-hybridized carbons (Fsp3) is 0.273. The van der Waals surface area contributed by atoms with Crippen molar-refractivity contribution >= 4 is 11.6 Å². The maximum Gasteiger partial charge on any atom is 0.226 e. The number of hydrogen-bond donors (Lipinski definition) is 1. The molecule has 0 bridgehead atoms. The number of oxazole rings is 1. The maximum absolute atomic E-state index is 12.4. The number of ether oxygens (including phenoxy) is 1. The van der Waals surface area contributed by atoms with Gasteiger partial charge in [0.05, 0.1) is 17.5 Å². The zero-order valence-corrected chi connectivity index (χ0v) is 15.9. The second-order valence-corrected chi connectivity index (χ2v) is 6.60.